The van der Waals surface area contributed by atoms with E-state index in [4.69, 9.17) is 0 Å². The Bertz CT molecular complexity index is 616. The van der Waals surface area contributed by atoms with Crippen LogP contribution in [0.5, 0.6) is 0 Å². The first-order valence-corrected chi connectivity index (χ1v) is 7.48. The van der Waals surface area contributed by atoms with Gasteiger partial charge in [-0.05, 0) is 31.7 Å². The second kappa shape index (κ2) is 5.25. The van der Waals surface area contributed by atoms with Crippen LogP contribution in [-0.4, -0.2) is 40.5 Å². The Hall–Kier alpha value is -2.14. The minimum absolute atomic E-state index is 0.0747. The highest BCUT2D eigenvalue weighted by atomic mass is 16.3. The fourth-order valence-electron chi connectivity index (χ4n) is 2.99. The van der Waals surface area contributed by atoms with E-state index in [1.165, 1.54) is 4.90 Å². The van der Waals surface area contributed by atoms with Crippen LogP contribution in [0.3, 0.4) is 0 Å². The summed E-state index contributed by atoms with van der Waals surface area (Å²) in [5.41, 5.74) is 1.29. The molecule has 5 heteroatoms. The van der Waals surface area contributed by atoms with Crippen molar-refractivity contribution in [1.82, 2.24) is 10.2 Å². The topological polar surface area (TPSA) is 69.6 Å². The molecule has 1 unspecified atom stereocenters. The maximum Gasteiger partial charge on any atom is 0.259 e. The molecule has 2 aliphatic rings. The average molecular weight is 300 g/mol. The molecule has 2 amide bonds. The molecule has 0 radical (unpaired) electrons. The third-order valence-electron chi connectivity index (χ3n) is 4.57. The SMILES string of the molecule is C=C1c2ccccc2C(=O)N1CC(=O)NC(C)(CO)C1CC1. The van der Waals surface area contributed by atoms with E-state index in [9.17, 15) is 14.7 Å². The Morgan fingerprint density at radius 1 is 1.41 bits per heavy atom. The maximum atomic E-state index is 12.4. The summed E-state index contributed by atoms with van der Waals surface area (Å²) in [6.07, 6.45) is 2.02. The second-order valence-corrected chi connectivity index (χ2v) is 6.28. The van der Waals surface area contributed by atoms with Gasteiger partial charge < -0.3 is 10.4 Å². The summed E-state index contributed by atoms with van der Waals surface area (Å²) in [4.78, 5) is 26.0. The molecule has 1 heterocycles. The number of hydrogen-bond donors (Lipinski definition) is 2. The molecule has 0 aromatic heterocycles. The van der Waals surface area contributed by atoms with Crippen LogP contribution in [0, 0.1) is 5.92 Å². The summed E-state index contributed by atoms with van der Waals surface area (Å²) in [5.74, 6) is -0.158. The van der Waals surface area contributed by atoms with Gasteiger partial charge in [0.2, 0.25) is 5.91 Å². The number of nitrogens with zero attached hydrogens (tertiary/aromatic N) is 1. The second-order valence-electron chi connectivity index (χ2n) is 6.28. The Morgan fingerprint density at radius 2 is 2.05 bits per heavy atom. The first-order chi connectivity index (χ1) is 10.5. The fourth-order valence-corrected chi connectivity index (χ4v) is 2.99. The predicted octanol–water partition coefficient (Wildman–Crippen LogP) is 1.39. The van der Waals surface area contributed by atoms with Gasteiger partial charge in [-0.25, -0.2) is 0 Å². The monoisotopic (exact) mass is 300 g/mol. The molecule has 5 nitrogen and oxygen atoms in total. The van der Waals surface area contributed by atoms with Gasteiger partial charge in [0.15, 0.2) is 0 Å². The lowest BCUT2D eigenvalue weighted by Gasteiger charge is -2.30. The van der Waals surface area contributed by atoms with Crippen LogP contribution in [0.2, 0.25) is 0 Å². The van der Waals surface area contributed by atoms with E-state index in [-0.39, 0.29) is 25.0 Å². The van der Waals surface area contributed by atoms with Gasteiger partial charge >= 0.3 is 0 Å². The molecule has 0 saturated heterocycles. The molecule has 1 saturated carbocycles. The van der Waals surface area contributed by atoms with Crippen molar-refractivity contribution in [3.63, 3.8) is 0 Å². The molecule has 1 fully saturated rings. The minimum Gasteiger partial charge on any atom is -0.394 e. The van der Waals surface area contributed by atoms with Crippen molar-refractivity contribution in [1.29, 1.82) is 0 Å². The number of amides is 2. The normalized spacial score (nSPS) is 19.8. The van der Waals surface area contributed by atoms with E-state index in [0.29, 0.717) is 17.2 Å². The average Bonchev–Trinajstić information content (AvgIpc) is 3.33. The number of carbonyl (C=O) groups is 2. The lowest BCUT2D eigenvalue weighted by Crippen LogP contribution is -2.53. The highest BCUT2D eigenvalue weighted by Crippen LogP contribution is 2.39. The van der Waals surface area contributed by atoms with E-state index in [0.717, 1.165) is 18.4 Å². The number of benzene rings is 1. The standard InChI is InChI=1S/C17H20N2O3/c1-11-13-5-3-4-6-14(13)16(22)19(11)9-15(21)18-17(2,10-20)12-7-8-12/h3-6,12,20H,1,7-10H2,2H3,(H,18,21). The number of aliphatic hydroxyl groups excluding tert-OH is 1. The molecule has 1 aliphatic heterocycles. The van der Waals surface area contributed by atoms with Crippen LogP contribution in [0.25, 0.3) is 5.70 Å². The summed E-state index contributed by atoms with van der Waals surface area (Å²) in [6, 6.07) is 7.21. The van der Waals surface area contributed by atoms with Crippen LogP contribution >= 0.6 is 0 Å². The van der Waals surface area contributed by atoms with E-state index in [2.05, 4.69) is 11.9 Å². The van der Waals surface area contributed by atoms with Crippen molar-refractivity contribution in [2.75, 3.05) is 13.2 Å². The van der Waals surface area contributed by atoms with Crippen LogP contribution in [0.4, 0.5) is 0 Å². The molecule has 1 aliphatic carbocycles. The highest BCUT2D eigenvalue weighted by Gasteiger charge is 2.42. The lowest BCUT2D eigenvalue weighted by molar-refractivity contribution is -0.123. The fraction of sp³-hybridized carbons (Fsp3) is 0.412. The Labute approximate surface area is 129 Å². The van der Waals surface area contributed by atoms with E-state index < -0.39 is 5.54 Å². The van der Waals surface area contributed by atoms with Crippen LogP contribution in [0.1, 0.15) is 35.7 Å². The molecule has 1 aromatic carbocycles. The Balaban J connectivity index is 1.70. The molecule has 3 rings (SSSR count). The number of aliphatic hydroxyl groups is 1. The zero-order chi connectivity index (χ0) is 15.9. The zero-order valence-corrected chi connectivity index (χ0v) is 12.6. The van der Waals surface area contributed by atoms with Crippen molar-refractivity contribution >= 4 is 17.5 Å². The van der Waals surface area contributed by atoms with Crippen molar-refractivity contribution in [3.8, 4) is 0 Å². The van der Waals surface area contributed by atoms with Crippen LogP contribution in [0.15, 0.2) is 30.8 Å². The number of fused-ring (bicyclic) bond motifs is 1. The highest BCUT2D eigenvalue weighted by molar-refractivity contribution is 6.10. The van der Waals surface area contributed by atoms with Gasteiger partial charge in [-0.2, -0.15) is 0 Å². The number of hydrogen-bond acceptors (Lipinski definition) is 3. The maximum absolute atomic E-state index is 12.4. The Morgan fingerprint density at radius 3 is 2.59 bits per heavy atom. The lowest BCUT2D eigenvalue weighted by atomic mass is 9.97. The molecule has 0 bridgehead atoms. The van der Waals surface area contributed by atoms with Gasteiger partial charge in [0.1, 0.15) is 6.54 Å². The van der Waals surface area contributed by atoms with Crippen molar-refractivity contribution < 1.29 is 14.7 Å². The molecule has 22 heavy (non-hydrogen) atoms. The van der Waals surface area contributed by atoms with Gasteiger partial charge in [-0.3, -0.25) is 14.5 Å². The predicted molar refractivity (Wildman–Crippen MR) is 82.9 cm³/mol. The quantitative estimate of drug-likeness (QED) is 0.863. The molecule has 2 N–H and O–H groups in total. The molecule has 0 spiro atoms. The first kappa shape index (κ1) is 14.8. The molecule has 1 atom stereocenters. The summed E-state index contributed by atoms with van der Waals surface area (Å²) in [5, 5.41) is 12.4. The number of rotatable bonds is 5. The zero-order valence-electron chi connectivity index (χ0n) is 12.6. The van der Waals surface area contributed by atoms with Crippen molar-refractivity contribution in [2.24, 2.45) is 5.92 Å². The smallest absolute Gasteiger partial charge is 0.259 e. The first-order valence-electron chi connectivity index (χ1n) is 7.48. The van der Waals surface area contributed by atoms with Crippen LogP contribution in [-0.2, 0) is 4.79 Å². The summed E-state index contributed by atoms with van der Waals surface area (Å²) in [6.45, 7) is 5.59. The van der Waals surface area contributed by atoms with Gasteiger partial charge in [0.25, 0.3) is 5.91 Å². The third kappa shape index (κ3) is 2.41. The van der Waals surface area contributed by atoms with Crippen LogP contribution < -0.4 is 5.32 Å². The van der Waals surface area contributed by atoms with E-state index in [1.54, 1.807) is 12.1 Å². The molecular weight excluding hydrogens is 280 g/mol. The summed E-state index contributed by atoms with van der Waals surface area (Å²) >= 11 is 0. The van der Waals surface area contributed by atoms with E-state index >= 15 is 0 Å². The number of carbonyl (C=O) groups excluding carboxylic acids is 2. The van der Waals surface area contributed by atoms with Gasteiger partial charge in [0, 0.05) is 16.8 Å². The Kier molecular flexibility index (Phi) is 3.53. The van der Waals surface area contributed by atoms with Crippen molar-refractivity contribution in [2.45, 2.75) is 25.3 Å². The van der Waals surface area contributed by atoms with Crippen molar-refractivity contribution in [3.05, 3.63) is 42.0 Å². The summed E-state index contributed by atoms with van der Waals surface area (Å²) in [7, 11) is 0. The van der Waals surface area contributed by atoms with Gasteiger partial charge in [-0.15, -0.1) is 0 Å². The summed E-state index contributed by atoms with van der Waals surface area (Å²) < 4.78 is 0. The number of nitrogens with one attached hydrogen (secondary N) is 1. The largest absolute Gasteiger partial charge is 0.394 e. The molecule has 116 valence electrons. The van der Waals surface area contributed by atoms with E-state index in [1.807, 2.05) is 19.1 Å². The molecule has 1 aromatic rings. The molecular formula is C17H20N2O3. The van der Waals surface area contributed by atoms with Gasteiger partial charge in [-0.1, -0.05) is 24.8 Å². The minimum atomic E-state index is -0.603. The van der Waals surface area contributed by atoms with Gasteiger partial charge in [0.05, 0.1) is 12.1 Å². The third-order valence-corrected chi connectivity index (χ3v) is 4.57.